The van der Waals surface area contributed by atoms with E-state index in [1.165, 1.54) is 29.3 Å². The lowest BCUT2D eigenvalue weighted by Gasteiger charge is -2.50. The summed E-state index contributed by atoms with van der Waals surface area (Å²) in [6, 6.07) is 3.47. The van der Waals surface area contributed by atoms with Gasteiger partial charge in [0, 0.05) is 17.2 Å². The number of thiazole rings is 1. The van der Waals surface area contributed by atoms with Crippen LogP contribution in [0.15, 0.2) is 46.2 Å². The number of hydrogen-bond donors (Lipinski definition) is 4. The lowest BCUT2D eigenvalue weighted by molar-refractivity contribution is -0.387. The number of benzene rings is 1. The van der Waals surface area contributed by atoms with Crippen LogP contribution in [-0.4, -0.2) is 67.4 Å². The minimum Gasteiger partial charge on any atom is -0.543 e. The number of thioether (sulfide) groups is 1. The zero-order valence-corrected chi connectivity index (χ0v) is 22.0. The van der Waals surface area contributed by atoms with Crippen molar-refractivity contribution in [1.82, 2.24) is 15.2 Å². The number of carbonyl (C=O) groups excluding carboxylic acids is 3. The van der Waals surface area contributed by atoms with E-state index in [0.29, 0.717) is 22.0 Å². The second kappa shape index (κ2) is 10.4. The molecule has 2 aliphatic rings. The first-order chi connectivity index (χ1) is 18.7. The molecule has 2 atom stereocenters. The molecule has 0 aliphatic carbocycles. The predicted molar refractivity (Wildman–Crippen MR) is 139 cm³/mol. The number of oxime groups is 1. The van der Waals surface area contributed by atoms with E-state index in [1.54, 1.807) is 19.2 Å². The molecular formula is C24H22N6O7S2. The van der Waals surface area contributed by atoms with Gasteiger partial charge in [-0.05, 0) is 30.0 Å². The quantitative estimate of drug-likeness (QED) is 0.118. The molecule has 39 heavy (non-hydrogen) atoms. The molecule has 0 spiro atoms. The molecule has 1 saturated heterocycles. The van der Waals surface area contributed by atoms with E-state index in [4.69, 9.17) is 10.6 Å². The topological polar surface area (TPSA) is 205 Å². The van der Waals surface area contributed by atoms with Crippen molar-refractivity contribution in [1.29, 1.82) is 0 Å². The number of amides is 2. The molecule has 1 unspecified atom stereocenters. The first kappa shape index (κ1) is 26.2. The van der Waals surface area contributed by atoms with E-state index in [9.17, 15) is 29.7 Å². The van der Waals surface area contributed by atoms with E-state index in [2.05, 4.69) is 20.4 Å². The van der Waals surface area contributed by atoms with Crippen molar-refractivity contribution >= 4 is 62.5 Å². The van der Waals surface area contributed by atoms with Crippen LogP contribution in [0.25, 0.3) is 10.8 Å². The van der Waals surface area contributed by atoms with E-state index in [-0.39, 0.29) is 52.5 Å². The van der Waals surface area contributed by atoms with Gasteiger partial charge >= 0.3 is 0 Å². The maximum atomic E-state index is 13.1. The molecule has 2 aromatic heterocycles. The van der Waals surface area contributed by atoms with E-state index in [0.717, 1.165) is 16.2 Å². The smallest absolute Gasteiger partial charge is 0.276 e. The average molecular weight is 571 g/mol. The van der Waals surface area contributed by atoms with Crippen LogP contribution < -0.4 is 21.1 Å². The number of β-lactam (4-membered cyclic amide) rings is 1. The molecule has 3 aromatic rings. The number of H-pyrrole nitrogens is 1. The average Bonchev–Trinajstić information content (AvgIpc) is 3.33. The van der Waals surface area contributed by atoms with Crippen molar-refractivity contribution < 1.29 is 39.5 Å². The number of aliphatic carboxylic acids is 1. The summed E-state index contributed by atoms with van der Waals surface area (Å²) >= 11 is 2.40. The molecule has 1 aromatic carbocycles. The minimum absolute atomic E-state index is 0.113. The van der Waals surface area contributed by atoms with Gasteiger partial charge in [-0.15, -0.1) is 23.1 Å². The Hall–Kier alpha value is -4.37. The summed E-state index contributed by atoms with van der Waals surface area (Å²) in [6.45, 7) is 1.89. The number of rotatable bonds is 8. The maximum Gasteiger partial charge on any atom is 0.276 e. The highest BCUT2D eigenvalue weighted by Crippen LogP contribution is 2.41. The Kier molecular flexibility index (Phi) is 7.01. The van der Waals surface area contributed by atoms with Gasteiger partial charge in [0.15, 0.2) is 34.2 Å². The van der Waals surface area contributed by atoms with Gasteiger partial charge in [-0.3, -0.25) is 14.5 Å². The number of fused-ring (bicyclic) bond motifs is 2. The van der Waals surface area contributed by atoms with Gasteiger partial charge in [0.25, 0.3) is 11.8 Å². The fourth-order valence-electron chi connectivity index (χ4n) is 4.41. The molecule has 0 radical (unpaired) electrons. The van der Waals surface area contributed by atoms with Gasteiger partial charge in [-0.1, -0.05) is 5.16 Å². The summed E-state index contributed by atoms with van der Waals surface area (Å²) in [5, 5.41) is 40.7. The summed E-state index contributed by atoms with van der Waals surface area (Å²) in [7, 11) is 0. The molecule has 0 bridgehead atoms. The number of carboxylic acids is 1. The van der Waals surface area contributed by atoms with Crippen molar-refractivity contribution in [2.45, 2.75) is 24.8 Å². The van der Waals surface area contributed by atoms with Crippen LogP contribution in [0.5, 0.6) is 11.5 Å². The second-order valence-corrected chi connectivity index (χ2v) is 10.6. The number of nitrogens with two attached hydrogens (primary N) is 1. The van der Waals surface area contributed by atoms with E-state index < -0.39 is 29.2 Å². The SMILES string of the molecule is CCO/N=C(\C(=O)NC1C(=O)N2C(C(=O)[O-])=C(Cc3[nH+]ccc4cc(O)c(O)cc34)CS[C@H]12)c1csc(N)n1. The van der Waals surface area contributed by atoms with Crippen LogP contribution >= 0.6 is 23.1 Å². The molecular weight excluding hydrogens is 548 g/mol. The summed E-state index contributed by atoms with van der Waals surface area (Å²) in [4.78, 5) is 51.6. The number of aromatic nitrogens is 2. The second-order valence-electron chi connectivity index (χ2n) is 8.59. The van der Waals surface area contributed by atoms with Crippen molar-refractivity contribution in [2.24, 2.45) is 5.16 Å². The van der Waals surface area contributed by atoms with Crippen molar-refractivity contribution in [3.8, 4) is 11.5 Å². The predicted octanol–water partition coefficient (Wildman–Crippen LogP) is -0.509. The van der Waals surface area contributed by atoms with Gasteiger partial charge < -0.3 is 36.0 Å². The number of phenolic OH excluding ortho intramolecular Hbond substituents is 2. The zero-order valence-electron chi connectivity index (χ0n) is 20.3. The maximum absolute atomic E-state index is 13.1. The molecule has 15 heteroatoms. The largest absolute Gasteiger partial charge is 0.543 e. The lowest BCUT2D eigenvalue weighted by atomic mass is 9.98. The number of hydrogen-bond acceptors (Lipinski definition) is 12. The van der Waals surface area contributed by atoms with Crippen LogP contribution in [0.1, 0.15) is 18.3 Å². The number of nitrogens with one attached hydrogen (secondary N) is 2. The molecule has 5 rings (SSSR count). The van der Waals surface area contributed by atoms with Crippen LogP contribution in [-0.2, 0) is 25.6 Å². The van der Waals surface area contributed by atoms with Gasteiger partial charge in [0.1, 0.15) is 23.7 Å². The third-order valence-corrected chi connectivity index (χ3v) is 8.19. The highest BCUT2D eigenvalue weighted by molar-refractivity contribution is 8.00. The molecule has 2 amide bonds. The fourth-order valence-corrected chi connectivity index (χ4v) is 6.30. The van der Waals surface area contributed by atoms with Crippen molar-refractivity contribution in [3.05, 3.63) is 52.4 Å². The molecule has 13 nitrogen and oxygen atoms in total. The Morgan fingerprint density at radius 3 is 2.82 bits per heavy atom. The first-order valence-corrected chi connectivity index (χ1v) is 13.6. The highest BCUT2D eigenvalue weighted by atomic mass is 32.2. The molecule has 2 aliphatic heterocycles. The standard InChI is InChI=1S/C24H22N6O7S2/c1-2-37-29-17(14-9-39-24(25)27-14)20(33)28-18-21(34)30-19(23(35)36)11(8-38-22(18)30)5-13-12-7-16(32)15(31)6-10(12)3-4-26-13/h3-4,6-7,9,18,22,31-32H,2,5,8H2,1H3,(H2,25,27)(H,28,33)(H,35,36)/b29-17-/t18?,22-/m1/s1. The van der Waals surface area contributed by atoms with Gasteiger partial charge in [-0.25, -0.2) is 9.97 Å². The minimum atomic E-state index is -1.52. The van der Waals surface area contributed by atoms with Crippen LogP contribution in [0.2, 0.25) is 0 Å². The van der Waals surface area contributed by atoms with E-state index in [1.807, 2.05) is 0 Å². The van der Waals surface area contributed by atoms with Gasteiger partial charge in [0.05, 0.1) is 23.5 Å². The van der Waals surface area contributed by atoms with Crippen molar-refractivity contribution in [2.75, 3.05) is 18.1 Å². The molecule has 1 fully saturated rings. The van der Waals surface area contributed by atoms with Crippen molar-refractivity contribution in [3.63, 3.8) is 0 Å². The Labute approximate surface area is 229 Å². The number of pyridine rings is 1. The summed E-state index contributed by atoms with van der Waals surface area (Å²) in [5.41, 5.74) is 6.43. The molecule has 202 valence electrons. The number of aromatic hydroxyl groups is 2. The third kappa shape index (κ3) is 4.81. The number of carboxylic acid groups (broad SMARTS) is 1. The Morgan fingerprint density at radius 1 is 1.36 bits per heavy atom. The summed E-state index contributed by atoms with van der Waals surface area (Å²) < 4.78 is 0. The summed E-state index contributed by atoms with van der Waals surface area (Å²) in [6.07, 6.45) is 1.74. The Balaban J connectivity index is 1.40. The molecule has 4 heterocycles. The van der Waals surface area contributed by atoms with Gasteiger partial charge in [0.2, 0.25) is 0 Å². The monoisotopic (exact) mass is 570 g/mol. The number of phenols is 2. The molecule has 6 N–H and O–H groups in total. The number of aromatic amines is 1. The van der Waals surface area contributed by atoms with Crippen LogP contribution in [0.3, 0.4) is 0 Å². The number of anilines is 1. The number of nitrogen functional groups attached to an aromatic ring is 1. The third-order valence-electron chi connectivity index (χ3n) is 6.17. The lowest BCUT2D eigenvalue weighted by Crippen LogP contribution is -2.71. The molecule has 0 saturated carbocycles. The Morgan fingerprint density at radius 2 is 2.13 bits per heavy atom. The number of nitrogens with zero attached hydrogens (tertiary/aromatic N) is 3. The number of carbonyl (C=O) groups is 3. The normalized spacial score (nSPS) is 19.1. The first-order valence-electron chi connectivity index (χ1n) is 11.6. The summed E-state index contributed by atoms with van der Waals surface area (Å²) in [5.74, 6) is -3.22. The van der Waals surface area contributed by atoms with Crippen LogP contribution in [0, 0.1) is 0 Å². The zero-order chi connectivity index (χ0) is 27.8. The van der Waals surface area contributed by atoms with E-state index >= 15 is 0 Å². The fraction of sp³-hybridized carbons (Fsp3) is 0.250. The van der Waals surface area contributed by atoms with Crippen LogP contribution in [0.4, 0.5) is 5.13 Å². The highest BCUT2D eigenvalue weighted by Gasteiger charge is 2.53. The van der Waals surface area contributed by atoms with Gasteiger partial charge in [-0.2, -0.15) is 0 Å². The Bertz CT molecular complexity index is 1570.